The van der Waals surface area contributed by atoms with Crippen molar-refractivity contribution in [2.75, 3.05) is 33.0 Å². The standard InChI is InChI=1S/C14H31NO2/c1-4-6-10-16-12-13-17-11-7-8-14(3)15-9-5-2/h14-15H,4-13H2,1-3H3. The smallest absolute Gasteiger partial charge is 0.0700 e. The molecule has 0 heterocycles. The predicted octanol–water partition coefficient (Wildman–Crippen LogP) is 2.99. The van der Waals surface area contributed by atoms with Crippen LogP contribution in [0.1, 0.15) is 52.9 Å². The van der Waals surface area contributed by atoms with Crippen molar-refractivity contribution in [2.45, 2.75) is 58.9 Å². The van der Waals surface area contributed by atoms with Crippen LogP contribution in [-0.4, -0.2) is 39.0 Å². The van der Waals surface area contributed by atoms with Gasteiger partial charge in [0.2, 0.25) is 0 Å². The minimum absolute atomic E-state index is 0.611. The van der Waals surface area contributed by atoms with E-state index in [0.717, 1.165) is 45.8 Å². The van der Waals surface area contributed by atoms with Gasteiger partial charge in [0.25, 0.3) is 0 Å². The average Bonchev–Trinajstić information content (AvgIpc) is 2.34. The van der Waals surface area contributed by atoms with Crippen LogP contribution in [0.2, 0.25) is 0 Å². The minimum atomic E-state index is 0.611. The van der Waals surface area contributed by atoms with Crippen LogP contribution in [0.15, 0.2) is 0 Å². The first kappa shape index (κ1) is 16.9. The number of rotatable bonds is 13. The number of ether oxygens (including phenoxy) is 2. The lowest BCUT2D eigenvalue weighted by molar-refractivity contribution is 0.0449. The van der Waals surface area contributed by atoms with Gasteiger partial charge in [0.15, 0.2) is 0 Å². The van der Waals surface area contributed by atoms with Crippen LogP contribution in [0.4, 0.5) is 0 Å². The van der Waals surface area contributed by atoms with Gasteiger partial charge in [-0.2, -0.15) is 0 Å². The lowest BCUT2D eigenvalue weighted by Crippen LogP contribution is -2.26. The highest BCUT2D eigenvalue weighted by atomic mass is 16.5. The SMILES string of the molecule is CCCCOCCOCCCC(C)NCCC. The van der Waals surface area contributed by atoms with Gasteiger partial charge in [-0.3, -0.25) is 0 Å². The molecule has 0 spiro atoms. The van der Waals surface area contributed by atoms with E-state index in [0.29, 0.717) is 6.04 Å². The zero-order valence-corrected chi connectivity index (χ0v) is 12.0. The van der Waals surface area contributed by atoms with Crippen molar-refractivity contribution >= 4 is 0 Å². The van der Waals surface area contributed by atoms with Crippen molar-refractivity contribution in [2.24, 2.45) is 0 Å². The highest BCUT2D eigenvalue weighted by Gasteiger charge is 1.99. The lowest BCUT2D eigenvalue weighted by Gasteiger charge is -2.12. The highest BCUT2D eigenvalue weighted by molar-refractivity contribution is 4.59. The molecule has 0 aliphatic carbocycles. The Morgan fingerprint density at radius 2 is 1.53 bits per heavy atom. The zero-order chi connectivity index (χ0) is 12.8. The number of hydrogen-bond acceptors (Lipinski definition) is 3. The molecule has 17 heavy (non-hydrogen) atoms. The largest absolute Gasteiger partial charge is 0.379 e. The summed E-state index contributed by atoms with van der Waals surface area (Å²) in [4.78, 5) is 0. The molecule has 0 aliphatic heterocycles. The molecule has 3 heteroatoms. The molecular weight excluding hydrogens is 214 g/mol. The van der Waals surface area contributed by atoms with E-state index >= 15 is 0 Å². The van der Waals surface area contributed by atoms with Crippen LogP contribution in [0, 0.1) is 0 Å². The first-order valence-corrected chi connectivity index (χ1v) is 7.20. The van der Waals surface area contributed by atoms with Crippen LogP contribution < -0.4 is 5.32 Å². The molecule has 0 fully saturated rings. The molecule has 0 aromatic heterocycles. The molecule has 0 bridgehead atoms. The second-order valence-corrected chi connectivity index (χ2v) is 4.58. The third-order valence-corrected chi connectivity index (χ3v) is 2.68. The quantitative estimate of drug-likeness (QED) is 0.506. The molecule has 1 N–H and O–H groups in total. The van der Waals surface area contributed by atoms with Crippen LogP contribution in [0.3, 0.4) is 0 Å². The predicted molar refractivity (Wildman–Crippen MR) is 73.5 cm³/mol. The Morgan fingerprint density at radius 1 is 0.882 bits per heavy atom. The third-order valence-electron chi connectivity index (χ3n) is 2.68. The van der Waals surface area contributed by atoms with E-state index < -0.39 is 0 Å². The molecule has 1 atom stereocenters. The molecule has 1 unspecified atom stereocenters. The molecule has 0 radical (unpaired) electrons. The molecule has 0 aromatic carbocycles. The van der Waals surface area contributed by atoms with Gasteiger partial charge in [-0.05, 0) is 39.2 Å². The average molecular weight is 245 g/mol. The molecule has 0 aromatic rings. The summed E-state index contributed by atoms with van der Waals surface area (Å²) in [5.41, 5.74) is 0. The molecule has 0 rings (SSSR count). The fourth-order valence-electron chi connectivity index (χ4n) is 1.55. The highest BCUT2D eigenvalue weighted by Crippen LogP contribution is 1.97. The molecule has 0 aliphatic rings. The number of nitrogens with one attached hydrogen (secondary N) is 1. The monoisotopic (exact) mass is 245 g/mol. The Hall–Kier alpha value is -0.120. The molecular formula is C14H31NO2. The molecule has 0 saturated heterocycles. The van der Waals surface area contributed by atoms with Crippen molar-refractivity contribution in [3.8, 4) is 0 Å². The van der Waals surface area contributed by atoms with Gasteiger partial charge in [-0.25, -0.2) is 0 Å². The summed E-state index contributed by atoms with van der Waals surface area (Å²) in [5, 5.41) is 3.48. The van der Waals surface area contributed by atoms with Gasteiger partial charge >= 0.3 is 0 Å². The van der Waals surface area contributed by atoms with Crippen molar-refractivity contribution in [1.29, 1.82) is 0 Å². The number of hydrogen-bond donors (Lipinski definition) is 1. The van der Waals surface area contributed by atoms with Gasteiger partial charge in [-0.15, -0.1) is 0 Å². The Bertz CT molecular complexity index is 142. The number of unbranched alkanes of at least 4 members (excludes halogenated alkanes) is 1. The summed E-state index contributed by atoms with van der Waals surface area (Å²) in [6, 6.07) is 0.611. The third kappa shape index (κ3) is 13.8. The molecule has 104 valence electrons. The first-order chi connectivity index (χ1) is 8.31. The van der Waals surface area contributed by atoms with E-state index in [2.05, 4.69) is 26.1 Å². The molecule has 0 amide bonds. The van der Waals surface area contributed by atoms with E-state index in [9.17, 15) is 0 Å². The Kier molecular flexibility index (Phi) is 13.8. The fourth-order valence-corrected chi connectivity index (χ4v) is 1.55. The van der Waals surface area contributed by atoms with Gasteiger partial charge < -0.3 is 14.8 Å². The maximum absolute atomic E-state index is 5.52. The van der Waals surface area contributed by atoms with Crippen molar-refractivity contribution in [3.63, 3.8) is 0 Å². The Morgan fingerprint density at radius 3 is 2.12 bits per heavy atom. The van der Waals surface area contributed by atoms with Gasteiger partial charge in [-0.1, -0.05) is 20.3 Å². The second-order valence-electron chi connectivity index (χ2n) is 4.58. The van der Waals surface area contributed by atoms with Crippen LogP contribution in [0.5, 0.6) is 0 Å². The molecule has 3 nitrogen and oxygen atoms in total. The maximum Gasteiger partial charge on any atom is 0.0700 e. The van der Waals surface area contributed by atoms with Gasteiger partial charge in [0.05, 0.1) is 13.2 Å². The lowest BCUT2D eigenvalue weighted by atomic mass is 10.2. The van der Waals surface area contributed by atoms with Crippen molar-refractivity contribution < 1.29 is 9.47 Å². The normalized spacial score (nSPS) is 12.9. The fraction of sp³-hybridized carbons (Fsp3) is 1.00. The van der Waals surface area contributed by atoms with Crippen LogP contribution in [0.25, 0.3) is 0 Å². The van der Waals surface area contributed by atoms with E-state index in [1.807, 2.05) is 0 Å². The van der Waals surface area contributed by atoms with Gasteiger partial charge in [0.1, 0.15) is 0 Å². The summed E-state index contributed by atoms with van der Waals surface area (Å²) < 4.78 is 10.9. The van der Waals surface area contributed by atoms with Gasteiger partial charge in [0, 0.05) is 19.3 Å². The summed E-state index contributed by atoms with van der Waals surface area (Å²) >= 11 is 0. The minimum Gasteiger partial charge on any atom is -0.379 e. The summed E-state index contributed by atoms with van der Waals surface area (Å²) in [6.07, 6.45) is 5.88. The van der Waals surface area contributed by atoms with Crippen LogP contribution >= 0.6 is 0 Å². The maximum atomic E-state index is 5.52. The second kappa shape index (κ2) is 13.9. The first-order valence-electron chi connectivity index (χ1n) is 7.20. The topological polar surface area (TPSA) is 30.5 Å². The van der Waals surface area contributed by atoms with Crippen LogP contribution in [-0.2, 0) is 9.47 Å². The zero-order valence-electron chi connectivity index (χ0n) is 12.0. The Labute approximate surface area is 107 Å². The van der Waals surface area contributed by atoms with E-state index in [4.69, 9.17) is 9.47 Å². The van der Waals surface area contributed by atoms with Crippen molar-refractivity contribution in [3.05, 3.63) is 0 Å². The van der Waals surface area contributed by atoms with Crippen molar-refractivity contribution in [1.82, 2.24) is 5.32 Å². The summed E-state index contributed by atoms with van der Waals surface area (Å²) in [6.45, 7) is 10.9. The summed E-state index contributed by atoms with van der Waals surface area (Å²) in [7, 11) is 0. The van der Waals surface area contributed by atoms with E-state index in [1.165, 1.54) is 19.3 Å². The van der Waals surface area contributed by atoms with E-state index in [-0.39, 0.29) is 0 Å². The Balaban J connectivity index is 3.02. The summed E-state index contributed by atoms with van der Waals surface area (Å²) in [5.74, 6) is 0. The van der Waals surface area contributed by atoms with E-state index in [1.54, 1.807) is 0 Å². The molecule has 0 saturated carbocycles.